The fraction of sp³-hybridized carbons (Fsp3) is 0.533. The summed E-state index contributed by atoms with van der Waals surface area (Å²) in [5.74, 6) is 0.488. The van der Waals surface area contributed by atoms with Crippen molar-refractivity contribution in [3.63, 3.8) is 0 Å². The van der Waals surface area contributed by atoms with Crippen molar-refractivity contribution in [2.24, 2.45) is 0 Å². The Bertz CT molecular complexity index is 451. The maximum absolute atomic E-state index is 11.4. The molecule has 19 heavy (non-hydrogen) atoms. The van der Waals surface area contributed by atoms with Crippen LogP contribution in [-0.2, 0) is 16.1 Å². The van der Waals surface area contributed by atoms with Crippen molar-refractivity contribution < 1.29 is 14.3 Å². The van der Waals surface area contributed by atoms with E-state index in [4.69, 9.17) is 9.47 Å². The second-order valence-corrected chi connectivity index (χ2v) is 5.77. The third kappa shape index (κ3) is 3.96. The molecule has 1 aliphatic rings. The molecule has 1 aliphatic heterocycles. The molecule has 0 aliphatic carbocycles. The molecule has 2 rings (SSSR count). The molecule has 4 heteroatoms. The lowest BCUT2D eigenvalue weighted by atomic mass is 10.1. The fourth-order valence-electron chi connectivity index (χ4n) is 1.86. The highest BCUT2D eigenvalue weighted by atomic mass is 16.6. The fourth-order valence-corrected chi connectivity index (χ4v) is 1.86. The van der Waals surface area contributed by atoms with E-state index in [1.165, 1.54) is 0 Å². The largest absolute Gasteiger partial charge is 0.478 e. The summed E-state index contributed by atoms with van der Waals surface area (Å²) < 4.78 is 10.7. The number of cyclic esters (lactones) is 1. The van der Waals surface area contributed by atoms with Crippen LogP contribution < -0.4 is 10.1 Å². The van der Waals surface area contributed by atoms with Gasteiger partial charge < -0.3 is 14.8 Å². The highest BCUT2D eigenvalue weighted by Crippen LogP contribution is 2.22. The Balaban J connectivity index is 2.05. The minimum absolute atomic E-state index is 0.0411. The van der Waals surface area contributed by atoms with Crippen LogP contribution in [0.2, 0.25) is 0 Å². The minimum atomic E-state index is -0.462. The molecule has 0 saturated carbocycles. The van der Waals surface area contributed by atoms with E-state index in [0.717, 1.165) is 11.3 Å². The molecule has 0 aromatic heterocycles. The third-order valence-electron chi connectivity index (χ3n) is 2.94. The van der Waals surface area contributed by atoms with Gasteiger partial charge in [-0.05, 0) is 26.8 Å². The van der Waals surface area contributed by atoms with Gasteiger partial charge in [-0.3, -0.25) is 0 Å². The molecule has 104 valence electrons. The highest BCUT2D eigenvalue weighted by molar-refractivity contribution is 5.76. The number of hydrogen-bond acceptors (Lipinski definition) is 4. The summed E-state index contributed by atoms with van der Waals surface area (Å²) in [5.41, 5.74) is 1.09. The molecule has 1 fully saturated rings. The molecule has 1 aromatic rings. The number of hydrogen-bond donors (Lipinski definition) is 1. The molecule has 1 aromatic carbocycles. The average molecular weight is 263 g/mol. The SMILES string of the molecule is CC(C)(C)NCc1ccccc1OC1CCOC1=O. The molecule has 1 heterocycles. The number of esters is 1. The summed E-state index contributed by atoms with van der Waals surface area (Å²) in [4.78, 5) is 11.4. The standard InChI is InChI=1S/C15H21NO3/c1-15(2,3)16-10-11-6-4-5-7-12(11)19-13-8-9-18-14(13)17/h4-7,13,16H,8-10H2,1-3H3. The lowest BCUT2D eigenvalue weighted by Crippen LogP contribution is -2.35. The van der Waals surface area contributed by atoms with E-state index in [1.807, 2.05) is 24.3 Å². The van der Waals surface area contributed by atoms with Crippen LogP contribution in [0.25, 0.3) is 0 Å². The summed E-state index contributed by atoms with van der Waals surface area (Å²) in [7, 11) is 0. The number of para-hydroxylation sites is 1. The molecule has 0 bridgehead atoms. The lowest BCUT2D eigenvalue weighted by Gasteiger charge is -2.22. The molecular formula is C15H21NO3. The topological polar surface area (TPSA) is 47.6 Å². The number of carbonyl (C=O) groups is 1. The molecule has 0 radical (unpaired) electrons. The van der Waals surface area contributed by atoms with Gasteiger partial charge in [0.25, 0.3) is 0 Å². The Morgan fingerprint density at radius 2 is 2.11 bits per heavy atom. The summed E-state index contributed by atoms with van der Waals surface area (Å²) in [6.45, 7) is 7.51. The third-order valence-corrected chi connectivity index (χ3v) is 2.94. The maximum Gasteiger partial charge on any atom is 0.347 e. The molecule has 0 spiro atoms. The van der Waals surface area contributed by atoms with Crippen molar-refractivity contribution in [3.05, 3.63) is 29.8 Å². The smallest absolute Gasteiger partial charge is 0.347 e. The van der Waals surface area contributed by atoms with Gasteiger partial charge in [0, 0.05) is 24.1 Å². The Labute approximate surface area is 114 Å². The van der Waals surface area contributed by atoms with Crippen LogP contribution in [0.4, 0.5) is 0 Å². The summed E-state index contributed by atoms with van der Waals surface area (Å²) in [5, 5.41) is 3.42. The first-order valence-corrected chi connectivity index (χ1v) is 6.62. The van der Waals surface area contributed by atoms with Crippen LogP contribution in [0.1, 0.15) is 32.8 Å². The summed E-state index contributed by atoms with van der Waals surface area (Å²) in [6, 6.07) is 7.79. The van der Waals surface area contributed by atoms with Crippen LogP contribution in [0.3, 0.4) is 0 Å². The lowest BCUT2D eigenvalue weighted by molar-refractivity contribution is -0.143. The first-order valence-electron chi connectivity index (χ1n) is 6.62. The van der Waals surface area contributed by atoms with Gasteiger partial charge in [0.05, 0.1) is 6.61 Å². The van der Waals surface area contributed by atoms with Gasteiger partial charge in [-0.25, -0.2) is 4.79 Å². The summed E-state index contributed by atoms with van der Waals surface area (Å²) >= 11 is 0. The van der Waals surface area contributed by atoms with Crippen LogP contribution in [0.5, 0.6) is 5.75 Å². The van der Waals surface area contributed by atoms with Crippen molar-refractivity contribution >= 4 is 5.97 Å². The number of rotatable bonds is 4. The van der Waals surface area contributed by atoms with Gasteiger partial charge in [-0.2, -0.15) is 0 Å². The number of benzene rings is 1. The summed E-state index contributed by atoms with van der Waals surface area (Å²) in [6.07, 6.45) is 0.163. The second kappa shape index (κ2) is 5.61. The van der Waals surface area contributed by atoms with Crippen LogP contribution in [0.15, 0.2) is 24.3 Å². The van der Waals surface area contributed by atoms with Crippen molar-refractivity contribution in [3.8, 4) is 5.75 Å². The quantitative estimate of drug-likeness (QED) is 0.847. The van der Waals surface area contributed by atoms with Crippen LogP contribution >= 0.6 is 0 Å². The van der Waals surface area contributed by atoms with E-state index in [-0.39, 0.29) is 11.5 Å². The Morgan fingerprint density at radius 3 is 2.74 bits per heavy atom. The molecule has 1 saturated heterocycles. The molecule has 1 unspecified atom stereocenters. The van der Waals surface area contributed by atoms with E-state index >= 15 is 0 Å². The Morgan fingerprint density at radius 1 is 1.37 bits per heavy atom. The van der Waals surface area contributed by atoms with Gasteiger partial charge in [0.15, 0.2) is 6.10 Å². The van der Waals surface area contributed by atoms with Gasteiger partial charge in [0.1, 0.15) is 5.75 Å². The number of ether oxygens (including phenoxy) is 2. The Kier molecular flexibility index (Phi) is 4.10. The average Bonchev–Trinajstić information content (AvgIpc) is 2.73. The van der Waals surface area contributed by atoms with Crippen LogP contribution in [0, 0.1) is 0 Å². The van der Waals surface area contributed by atoms with Crippen molar-refractivity contribution in [1.82, 2.24) is 5.32 Å². The van der Waals surface area contributed by atoms with E-state index < -0.39 is 6.10 Å². The zero-order chi connectivity index (χ0) is 13.9. The van der Waals surface area contributed by atoms with Gasteiger partial charge in [-0.15, -0.1) is 0 Å². The maximum atomic E-state index is 11.4. The molecular weight excluding hydrogens is 242 g/mol. The predicted molar refractivity (Wildman–Crippen MR) is 73.0 cm³/mol. The van der Waals surface area contributed by atoms with Crippen molar-refractivity contribution in [2.75, 3.05) is 6.61 Å². The minimum Gasteiger partial charge on any atom is -0.478 e. The van der Waals surface area contributed by atoms with E-state index in [1.54, 1.807) is 0 Å². The first kappa shape index (κ1) is 13.9. The van der Waals surface area contributed by atoms with E-state index in [2.05, 4.69) is 26.1 Å². The number of carbonyl (C=O) groups excluding carboxylic acids is 1. The van der Waals surface area contributed by atoms with Crippen LogP contribution in [-0.4, -0.2) is 24.2 Å². The normalized spacial score (nSPS) is 19.3. The monoisotopic (exact) mass is 263 g/mol. The van der Waals surface area contributed by atoms with Gasteiger partial charge in [-0.1, -0.05) is 18.2 Å². The second-order valence-electron chi connectivity index (χ2n) is 5.77. The van der Waals surface area contributed by atoms with Gasteiger partial charge in [0.2, 0.25) is 0 Å². The number of nitrogens with one attached hydrogen (secondary N) is 1. The van der Waals surface area contributed by atoms with E-state index in [9.17, 15) is 4.79 Å². The Hall–Kier alpha value is -1.55. The van der Waals surface area contributed by atoms with Crippen molar-refractivity contribution in [2.45, 2.75) is 45.4 Å². The molecule has 0 amide bonds. The highest BCUT2D eigenvalue weighted by Gasteiger charge is 2.28. The first-order chi connectivity index (χ1) is 8.96. The van der Waals surface area contributed by atoms with E-state index in [0.29, 0.717) is 19.6 Å². The zero-order valence-corrected chi connectivity index (χ0v) is 11.7. The zero-order valence-electron chi connectivity index (χ0n) is 11.7. The van der Waals surface area contributed by atoms with Gasteiger partial charge >= 0.3 is 5.97 Å². The predicted octanol–water partition coefficient (Wildman–Crippen LogP) is 2.27. The molecule has 1 N–H and O–H groups in total. The molecule has 1 atom stereocenters. The molecule has 4 nitrogen and oxygen atoms in total. The van der Waals surface area contributed by atoms with Crippen molar-refractivity contribution in [1.29, 1.82) is 0 Å².